The summed E-state index contributed by atoms with van der Waals surface area (Å²) in [6, 6.07) is 1.78. The lowest BCUT2D eigenvalue weighted by atomic mass is 10.1. The Kier molecular flexibility index (Phi) is 3.41. The highest BCUT2D eigenvalue weighted by Crippen LogP contribution is 2.29. The van der Waals surface area contributed by atoms with E-state index in [0.717, 1.165) is 28.6 Å². The van der Waals surface area contributed by atoms with Crippen molar-refractivity contribution in [3.63, 3.8) is 0 Å². The number of rotatable bonds is 4. The second-order valence-electron chi connectivity index (χ2n) is 5.85. The van der Waals surface area contributed by atoms with E-state index in [1.165, 1.54) is 6.07 Å². The van der Waals surface area contributed by atoms with Gasteiger partial charge < -0.3 is 14.7 Å². The van der Waals surface area contributed by atoms with Crippen molar-refractivity contribution in [2.45, 2.75) is 26.3 Å². The Bertz CT molecular complexity index is 1020. The molecule has 2 N–H and O–H groups in total. The second kappa shape index (κ2) is 5.59. The highest BCUT2D eigenvalue weighted by Gasteiger charge is 2.13. The van der Waals surface area contributed by atoms with E-state index >= 15 is 0 Å². The maximum absolute atomic E-state index is 14.2. The third-order valence-electron chi connectivity index (χ3n) is 4.17. The molecule has 0 unspecified atom stereocenters. The summed E-state index contributed by atoms with van der Waals surface area (Å²) in [7, 11) is 0. The summed E-state index contributed by atoms with van der Waals surface area (Å²) in [6.45, 7) is 4.18. The molecule has 4 heterocycles. The summed E-state index contributed by atoms with van der Waals surface area (Å²) in [6.07, 6.45) is 9.72. The molecular weight excluding hydrogens is 307 g/mol. The number of pyridine rings is 1. The average molecular weight is 324 g/mol. The van der Waals surface area contributed by atoms with Crippen LogP contribution in [0.4, 0.5) is 10.3 Å². The maximum atomic E-state index is 14.2. The molecule has 0 aromatic carbocycles. The first-order valence-corrected chi connectivity index (χ1v) is 7.89. The van der Waals surface area contributed by atoms with Crippen LogP contribution in [0.25, 0.3) is 27.8 Å². The van der Waals surface area contributed by atoms with Crippen LogP contribution in [-0.4, -0.2) is 30.4 Å². The first-order chi connectivity index (χ1) is 11.7. The fourth-order valence-corrected chi connectivity index (χ4v) is 2.68. The van der Waals surface area contributed by atoms with Crippen LogP contribution in [0.3, 0.4) is 0 Å². The van der Waals surface area contributed by atoms with Gasteiger partial charge in [-0.05, 0) is 19.4 Å². The van der Waals surface area contributed by atoms with Crippen LogP contribution >= 0.6 is 0 Å². The lowest BCUT2D eigenvalue weighted by Crippen LogP contribution is -2.15. The van der Waals surface area contributed by atoms with Gasteiger partial charge in [0.15, 0.2) is 11.5 Å². The van der Waals surface area contributed by atoms with Gasteiger partial charge in [0, 0.05) is 53.5 Å². The minimum atomic E-state index is -0.358. The molecule has 0 aliphatic rings. The third kappa shape index (κ3) is 2.38. The van der Waals surface area contributed by atoms with E-state index in [-0.39, 0.29) is 5.82 Å². The topological polar surface area (TPSA) is 70.9 Å². The molecule has 0 fully saturated rings. The molecule has 0 aliphatic carbocycles. The van der Waals surface area contributed by atoms with Gasteiger partial charge in [0.1, 0.15) is 5.65 Å². The Morgan fingerprint density at radius 3 is 3.08 bits per heavy atom. The van der Waals surface area contributed by atoms with Crippen LogP contribution in [0, 0.1) is 5.82 Å². The van der Waals surface area contributed by atoms with Gasteiger partial charge in [-0.2, -0.15) is 4.98 Å². The summed E-state index contributed by atoms with van der Waals surface area (Å²) >= 11 is 0. The van der Waals surface area contributed by atoms with Crippen LogP contribution in [0.1, 0.15) is 20.3 Å². The van der Waals surface area contributed by atoms with Crippen molar-refractivity contribution in [2.75, 3.05) is 5.32 Å². The number of nitrogens with one attached hydrogen (secondary N) is 2. The predicted octanol–water partition coefficient (Wildman–Crippen LogP) is 3.62. The second-order valence-corrected chi connectivity index (χ2v) is 5.85. The van der Waals surface area contributed by atoms with Gasteiger partial charge in [0.25, 0.3) is 0 Å². The molecular formula is C17H17FN6. The van der Waals surface area contributed by atoms with Gasteiger partial charge in [-0.1, -0.05) is 6.92 Å². The predicted molar refractivity (Wildman–Crippen MR) is 91.4 cm³/mol. The van der Waals surface area contributed by atoms with E-state index in [0.29, 0.717) is 17.6 Å². The van der Waals surface area contributed by atoms with Gasteiger partial charge in [0.2, 0.25) is 5.95 Å². The van der Waals surface area contributed by atoms with Crippen LogP contribution in [0.15, 0.2) is 37.1 Å². The van der Waals surface area contributed by atoms with E-state index in [9.17, 15) is 4.39 Å². The largest absolute Gasteiger partial charge is 0.352 e. The summed E-state index contributed by atoms with van der Waals surface area (Å²) < 4.78 is 15.9. The van der Waals surface area contributed by atoms with Crippen molar-refractivity contribution in [2.24, 2.45) is 0 Å². The molecule has 122 valence electrons. The van der Waals surface area contributed by atoms with Crippen LogP contribution in [0.5, 0.6) is 0 Å². The molecule has 4 aromatic heterocycles. The molecule has 7 heteroatoms. The third-order valence-corrected chi connectivity index (χ3v) is 4.17. The number of H-pyrrole nitrogens is 1. The maximum Gasteiger partial charge on any atom is 0.224 e. The SMILES string of the molecule is CC[C@H](C)Nc1ncc2c(-c3cc(F)c4nccn4c3)c[nH]c2n1. The number of halogens is 1. The number of anilines is 1. The Labute approximate surface area is 137 Å². The Morgan fingerprint density at radius 1 is 1.38 bits per heavy atom. The number of hydrogen-bond donors (Lipinski definition) is 2. The monoisotopic (exact) mass is 324 g/mol. The zero-order valence-corrected chi connectivity index (χ0v) is 13.4. The zero-order valence-electron chi connectivity index (χ0n) is 13.4. The number of aromatic amines is 1. The molecule has 0 spiro atoms. The standard InChI is InChI=1S/C17H17FN6/c1-3-10(2)22-17-21-8-13-12(7-20-15(13)23-17)11-6-14(18)16-19-4-5-24(16)9-11/h4-10H,3H2,1-2H3,(H2,20,21,22,23)/t10-/m0/s1. The summed E-state index contributed by atoms with van der Waals surface area (Å²) in [5, 5.41) is 4.10. The highest BCUT2D eigenvalue weighted by atomic mass is 19.1. The van der Waals surface area contributed by atoms with Gasteiger partial charge >= 0.3 is 0 Å². The number of hydrogen-bond acceptors (Lipinski definition) is 4. The first kappa shape index (κ1) is 14.6. The fraction of sp³-hybridized carbons (Fsp3) is 0.235. The molecule has 4 aromatic rings. The molecule has 0 radical (unpaired) electrons. The van der Waals surface area contributed by atoms with Crippen molar-refractivity contribution in [3.8, 4) is 11.1 Å². The lowest BCUT2D eigenvalue weighted by Gasteiger charge is -2.10. The van der Waals surface area contributed by atoms with Crippen LogP contribution < -0.4 is 5.32 Å². The molecule has 4 rings (SSSR count). The molecule has 0 bridgehead atoms. The van der Waals surface area contributed by atoms with Crippen LogP contribution in [0.2, 0.25) is 0 Å². The van der Waals surface area contributed by atoms with E-state index in [1.807, 2.05) is 12.4 Å². The molecule has 0 saturated carbocycles. The smallest absolute Gasteiger partial charge is 0.224 e. The first-order valence-electron chi connectivity index (χ1n) is 7.89. The summed E-state index contributed by atoms with van der Waals surface area (Å²) in [4.78, 5) is 16.0. The molecule has 1 atom stereocenters. The Morgan fingerprint density at radius 2 is 2.25 bits per heavy atom. The van der Waals surface area contributed by atoms with Gasteiger partial charge in [-0.15, -0.1) is 0 Å². The van der Waals surface area contributed by atoms with E-state index in [4.69, 9.17) is 0 Å². The number of imidazole rings is 1. The van der Waals surface area contributed by atoms with Crippen LogP contribution in [-0.2, 0) is 0 Å². The van der Waals surface area contributed by atoms with E-state index < -0.39 is 0 Å². The lowest BCUT2D eigenvalue weighted by molar-refractivity contribution is 0.630. The highest BCUT2D eigenvalue weighted by molar-refractivity contribution is 5.93. The van der Waals surface area contributed by atoms with Crippen molar-refractivity contribution < 1.29 is 4.39 Å². The summed E-state index contributed by atoms with van der Waals surface area (Å²) in [5.41, 5.74) is 2.64. The molecule has 6 nitrogen and oxygen atoms in total. The van der Waals surface area contributed by atoms with Crippen molar-refractivity contribution in [1.82, 2.24) is 24.3 Å². The van der Waals surface area contributed by atoms with Gasteiger partial charge in [-0.25, -0.2) is 14.4 Å². The van der Waals surface area contributed by atoms with E-state index in [1.54, 1.807) is 23.0 Å². The molecule has 24 heavy (non-hydrogen) atoms. The Balaban J connectivity index is 1.78. The zero-order chi connectivity index (χ0) is 16.7. The number of aromatic nitrogens is 5. The van der Waals surface area contributed by atoms with Crippen molar-refractivity contribution in [1.29, 1.82) is 0 Å². The van der Waals surface area contributed by atoms with Gasteiger partial charge in [-0.3, -0.25) is 0 Å². The summed E-state index contributed by atoms with van der Waals surface area (Å²) in [5.74, 6) is 0.226. The van der Waals surface area contributed by atoms with Crippen molar-refractivity contribution in [3.05, 3.63) is 42.9 Å². The Hall–Kier alpha value is -2.96. The average Bonchev–Trinajstić information content (AvgIpc) is 3.20. The number of fused-ring (bicyclic) bond motifs is 2. The normalized spacial score (nSPS) is 12.8. The molecule has 0 aliphatic heterocycles. The molecule has 0 amide bonds. The fourth-order valence-electron chi connectivity index (χ4n) is 2.68. The molecule has 0 saturated heterocycles. The minimum Gasteiger partial charge on any atom is -0.352 e. The van der Waals surface area contributed by atoms with E-state index in [2.05, 4.69) is 39.1 Å². The van der Waals surface area contributed by atoms with Crippen molar-refractivity contribution >= 4 is 22.6 Å². The minimum absolute atomic E-state index is 0.301. The quantitative estimate of drug-likeness (QED) is 0.601. The number of nitrogens with zero attached hydrogens (tertiary/aromatic N) is 4. The van der Waals surface area contributed by atoms with Gasteiger partial charge in [0.05, 0.1) is 0 Å².